The molecule has 14 heteroatoms. The molecule has 39 heavy (non-hydrogen) atoms. The van der Waals surface area contributed by atoms with Gasteiger partial charge < -0.3 is 30.4 Å². The van der Waals surface area contributed by atoms with E-state index < -0.39 is 30.8 Å². The van der Waals surface area contributed by atoms with E-state index in [0.717, 1.165) is 11.1 Å². The third kappa shape index (κ3) is 12.5. The summed E-state index contributed by atoms with van der Waals surface area (Å²) in [7, 11) is 0. The first-order chi connectivity index (χ1) is 18.9. The highest BCUT2D eigenvalue weighted by Gasteiger charge is 2.19. The Morgan fingerprint density at radius 3 is 1.46 bits per heavy atom. The standard InChI is InChI=1S/C25H32N8O6/c26-22(15-18-3-7-20(8-4-18)36-13-1-11-30-32-28)24(34)38-17-39-25(35)23(27)16-19-5-9-21(10-6-19)37-14-2-12-31-33-29/h3-10,22-23H,1-2,11-17,26-27H2. The van der Waals surface area contributed by atoms with E-state index in [-0.39, 0.29) is 12.8 Å². The molecule has 0 aliphatic carbocycles. The van der Waals surface area contributed by atoms with Crippen molar-refractivity contribution in [1.82, 2.24) is 0 Å². The van der Waals surface area contributed by atoms with Gasteiger partial charge in [0, 0.05) is 22.9 Å². The lowest BCUT2D eigenvalue weighted by Crippen LogP contribution is -2.37. The van der Waals surface area contributed by atoms with Gasteiger partial charge in [0.25, 0.3) is 0 Å². The zero-order valence-corrected chi connectivity index (χ0v) is 21.4. The van der Waals surface area contributed by atoms with Crippen LogP contribution in [-0.2, 0) is 31.9 Å². The van der Waals surface area contributed by atoms with Gasteiger partial charge in [-0.05, 0) is 72.1 Å². The summed E-state index contributed by atoms with van der Waals surface area (Å²) >= 11 is 0. The Hall–Kier alpha value is -4.48. The molecule has 0 aromatic heterocycles. The molecule has 0 saturated carbocycles. The normalized spacial score (nSPS) is 11.7. The molecule has 0 radical (unpaired) electrons. The van der Waals surface area contributed by atoms with Crippen LogP contribution in [0.3, 0.4) is 0 Å². The van der Waals surface area contributed by atoms with Gasteiger partial charge in [-0.1, -0.05) is 34.5 Å². The average Bonchev–Trinajstić information content (AvgIpc) is 2.94. The first-order valence-electron chi connectivity index (χ1n) is 12.2. The van der Waals surface area contributed by atoms with Crippen molar-refractivity contribution in [3.63, 3.8) is 0 Å². The summed E-state index contributed by atoms with van der Waals surface area (Å²) in [5.74, 6) is -0.154. The molecule has 2 unspecified atom stereocenters. The van der Waals surface area contributed by atoms with Gasteiger partial charge in [0.2, 0.25) is 6.79 Å². The number of benzene rings is 2. The highest BCUT2D eigenvalue weighted by atomic mass is 16.7. The predicted octanol–water partition coefficient (Wildman–Crippen LogP) is 3.33. The first-order valence-corrected chi connectivity index (χ1v) is 12.2. The van der Waals surface area contributed by atoms with Crippen LogP contribution in [-0.4, -0.2) is 57.1 Å². The third-order valence-corrected chi connectivity index (χ3v) is 5.23. The molecular weight excluding hydrogens is 508 g/mol. The lowest BCUT2D eigenvalue weighted by atomic mass is 10.1. The van der Waals surface area contributed by atoms with Crippen LogP contribution in [0.25, 0.3) is 20.9 Å². The van der Waals surface area contributed by atoms with Gasteiger partial charge >= 0.3 is 11.9 Å². The molecule has 2 atom stereocenters. The van der Waals surface area contributed by atoms with Gasteiger partial charge in [-0.2, -0.15) is 0 Å². The summed E-state index contributed by atoms with van der Waals surface area (Å²) in [5.41, 5.74) is 29.9. The number of azide groups is 2. The molecule has 2 aromatic rings. The average molecular weight is 541 g/mol. The molecule has 0 heterocycles. The van der Waals surface area contributed by atoms with Crippen LogP contribution < -0.4 is 20.9 Å². The summed E-state index contributed by atoms with van der Waals surface area (Å²) < 4.78 is 21.0. The van der Waals surface area contributed by atoms with E-state index in [4.69, 9.17) is 41.5 Å². The molecule has 0 fully saturated rings. The monoisotopic (exact) mass is 540 g/mol. The van der Waals surface area contributed by atoms with E-state index in [0.29, 0.717) is 50.6 Å². The van der Waals surface area contributed by atoms with Gasteiger partial charge in [0.1, 0.15) is 23.6 Å². The van der Waals surface area contributed by atoms with Crippen LogP contribution in [0.1, 0.15) is 24.0 Å². The SMILES string of the molecule is [N-]=[N+]=NCCCOc1ccc(CC(N)C(=O)OCOC(=O)C(N)Cc2ccc(OCCCN=[N+]=[N-])cc2)cc1. The number of nitrogens with zero attached hydrogens (tertiary/aromatic N) is 6. The van der Waals surface area contributed by atoms with Crippen LogP contribution >= 0.6 is 0 Å². The highest BCUT2D eigenvalue weighted by molar-refractivity contribution is 5.77. The fraction of sp³-hybridized carbons (Fsp3) is 0.440. The number of carbonyl (C=O) groups is 2. The van der Waals surface area contributed by atoms with Gasteiger partial charge in [-0.3, -0.25) is 9.59 Å². The summed E-state index contributed by atoms with van der Waals surface area (Å²) in [6.07, 6.45) is 1.64. The fourth-order valence-electron chi connectivity index (χ4n) is 3.22. The summed E-state index contributed by atoms with van der Waals surface area (Å²) in [6, 6.07) is 12.2. The van der Waals surface area contributed by atoms with E-state index in [1.165, 1.54) is 0 Å². The Kier molecular flexibility index (Phi) is 14.1. The molecule has 14 nitrogen and oxygen atoms in total. The van der Waals surface area contributed by atoms with Crippen molar-refractivity contribution in [2.45, 2.75) is 37.8 Å². The summed E-state index contributed by atoms with van der Waals surface area (Å²) in [4.78, 5) is 29.7. The van der Waals surface area contributed by atoms with Gasteiger partial charge in [-0.25, -0.2) is 0 Å². The van der Waals surface area contributed by atoms with E-state index in [1.54, 1.807) is 48.5 Å². The number of carbonyl (C=O) groups excluding carboxylic acids is 2. The van der Waals surface area contributed by atoms with Crippen LogP contribution in [0.4, 0.5) is 0 Å². The highest BCUT2D eigenvalue weighted by Crippen LogP contribution is 2.15. The zero-order valence-electron chi connectivity index (χ0n) is 21.4. The second kappa shape index (κ2) is 17.9. The zero-order chi connectivity index (χ0) is 28.3. The molecule has 2 aromatic carbocycles. The Bertz CT molecular complexity index is 1040. The lowest BCUT2D eigenvalue weighted by molar-refractivity contribution is -0.169. The molecule has 0 spiro atoms. The number of rotatable bonds is 18. The second-order valence-corrected chi connectivity index (χ2v) is 8.27. The number of hydrogen-bond acceptors (Lipinski definition) is 10. The smallest absolute Gasteiger partial charge is 0.326 e. The number of esters is 2. The van der Waals surface area contributed by atoms with Crippen molar-refractivity contribution >= 4 is 11.9 Å². The van der Waals surface area contributed by atoms with Crippen molar-refractivity contribution in [2.75, 3.05) is 33.1 Å². The predicted molar refractivity (Wildman–Crippen MR) is 142 cm³/mol. The van der Waals surface area contributed by atoms with Crippen molar-refractivity contribution < 1.29 is 28.5 Å². The minimum atomic E-state index is -0.951. The Morgan fingerprint density at radius 2 is 1.10 bits per heavy atom. The van der Waals surface area contributed by atoms with Crippen molar-refractivity contribution in [2.24, 2.45) is 21.7 Å². The maximum atomic E-state index is 12.2. The van der Waals surface area contributed by atoms with E-state index in [9.17, 15) is 9.59 Å². The molecular formula is C25H32N8O6. The number of ether oxygens (including phenoxy) is 4. The van der Waals surface area contributed by atoms with Crippen molar-refractivity contribution in [3.8, 4) is 11.5 Å². The molecule has 0 aliphatic heterocycles. The van der Waals surface area contributed by atoms with E-state index in [2.05, 4.69) is 20.1 Å². The molecule has 0 amide bonds. The lowest BCUT2D eigenvalue weighted by Gasteiger charge is -2.14. The van der Waals surface area contributed by atoms with Gasteiger partial charge in [-0.15, -0.1) is 0 Å². The Balaban J connectivity index is 1.66. The third-order valence-electron chi connectivity index (χ3n) is 5.23. The molecule has 4 N–H and O–H groups in total. The quantitative estimate of drug-likeness (QED) is 0.0710. The van der Waals surface area contributed by atoms with Gasteiger partial charge in [0.15, 0.2) is 0 Å². The van der Waals surface area contributed by atoms with E-state index in [1.807, 2.05) is 0 Å². The summed E-state index contributed by atoms with van der Waals surface area (Å²) in [6.45, 7) is 0.955. The van der Waals surface area contributed by atoms with Crippen LogP contribution in [0, 0.1) is 0 Å². The fourth-order valence-corrected chi connectivity index (χ4v) is 3.22. The second-order valence-electron chi connectivity index (χ2n) is 8.27. The maximum Gasteiger partial charge on any atom is 0.326 e. The summed E-state index contributed by atoms with van der Waals surface area (Å²) in [5, 5.41) is 6.87. The minimum absolute atomic E-state index is 0.219. The Labute approximate surface area is 225 Å². The van der Waals surface area contributed by atoms with Crippen molar-refractivity contribution in [3.05, 3.63) is 80.5 Å². The number of nitrogens with two attached hydrogens (primary N) is 2. The minimum Gasteiger partial charge on any atom is -0.494 e. The Morgan fingerprint density at radius 1 is 0.718 bits per heavy atom. The van der Waals surface area contributed by atoms with Crippen LogP contribution in [0.2, 0.25) is 0 Å². The van der Waals surface area contributed by atoms with E-state index >= 15 is 0 Å². The molecule has 2 rings (SSSR count). The number of hydrogen-bond donors (Lipinski definition) is 2. The topological polar surface area (TPSA) is 221 Å². The molecule has 0 bridgehead atoms. The maximum absolute atomic E-state index is 12.2. The first kappa shape index (κ1) is 30.7. The van der Waals surface area contributed by atoms with Crippen molar-refractivity contribution in [1.29, 1.82) is 0 Å². The molecule has 208 valence electrons. The van der Waals surface area contributed by atoms with Gasteiger partial charge in [0.05, 0.1) is 13.2 Å². The van der Waals surface area contributed by atoms with Crippen LogP contribution in [0.15, 0.2) is 58.8 Å². The molecule has 0 saturated heterocycles. The van der Waals surface area contributed by atoms with Crippen LogP contribution in [0.5, 0.6) is 11.5 Å². The largest absolute Gasteiger partial charge is 0.494 e. The molecule has 0 aliphatic rings.